The van der Waals surface area contributed by atoms with Gasteiger partial charge >= 0.3 is 7.82 Å². The van der Waals surface area contributed by atoms with E-state index in [2.05, 4.69) is 5.32 Å². The van der Waals surface area contributed by atoms with Gasteiger partial charge in [0.15, 0.2) is 0 Å². The van der Waals surface area contributed by atoms with Crippen LogP contribution in [0.4, 0.5) is 11.4 Å². The number of aryl methyl sites for hydroxylation is 2. The predicted octanol–water partition coefficient (Wildman–Crippen LogP) is 6.47. The Kier molecular flexibility index (Phi) is 9.79. The molecule has 1 heterocycles. The van der Waals surface area contributed by atoms with Crippen LogP contribution in [-0.4, -0.2) is 43.8 Å². The maximum absolute atomic E-state index is 13.8. The molecule has 3 aromatic rings. The minimum atomic E-state index is -3.97. The second-order valence-corrected chi connectivity index (χ2v) is 11.5. The fraction of sp³-hybridized carbons (Fsp3) is 0.310. The zero-order chi connectivity index (χ0) is 28.9. The lowest BCUT2D eigenvalue weighted by molar-refractivity contribution is 0.0752. The molecule has 11 heteroatoms. The molecule has 0 aromatic heterocycles. The highest BCUT2D eigenvalue weighted by Crippen LogP contribution is 2.54. The summed E-state index contributed by atoms with van der Waals surface area (Å²) in [6.07, 6.45) is 0.238. The van der Waals surface area contributed by atoms with Crippen LogP contribution in [0, 0.1) is 13.8 Å². The number of hydrogen-bond donors (Lipinski definition) is 2. The third-order valence-corrected chi connectivity index (χ3v) is 8.34. The van der Waals surface area contributed by atoms with Crippen LogP contribution < -0.4 is 10.2 Å². The van der Waals surface area contributed by atoms with Crippen LogP contribution in [0.1, 0.15) is 56.4 Å². The lowest BCUT2D eigenvalue weighted by Gasteiger charge is -2.26. The molecule has 0 aliphatic carbocycles. The number of amides is 2. The zero-order valence-electron chi connectivity index (χ0n) is 22.6. The number of phosphoric acid groups is 1. The Bertz CT molecular complexity index is 1450. The molecule has 9 nitrogen and oxygen atoms in total. The summed E-state index contributed by atoms with van der Waals surface area (Å²) in [6.45, 7) is 3.51. The molecule has 2 atom stereocenters. The molecule has 0 spiro atoms. The van der Waals surface area contributed by atoms with Crippen molar-refractivity contribution in [2.24, 2.45) is 0 Å². The van der Waals surface area contributed by atoms with E-state index in [0.717, 1.165) is 5.56 Å². The zero-order valence-corrected chi connectivity index (χ0v) is 24.2. The lowest BCUT2D eigenvalue weighted by atomic mass is 10.0. The fourth-order valence-corrected chi connectivity index (χ4v) is 5.92. The van der Waals surface area contributed by atoms with Crippen molar-refractivity contribution in [2.45, 2.75) is 32.8 Å². The number of phosphoric ester groups is 1. The van der Waals surface area contributed by atoms with Gasteiger partial charge in [0.1, 0.15) is 0 Å². The second kappa shape index (κ2) is 13.1. The van der Waals surface area contributed by atoms with Crippen molar-refractivity contribution in [1.29, 1.82) is 0 Å². The number of nitrogens with zero attached hydrogens (tertiary/aromatic N) is 1. The monoisotopic (exact) mass is 586 g/mol. The highest BCUT2D eigenvalue weighted by Gasteiger charge is 2.35. The van der Waals surface area contributed by atoms with E-state index in [9.17, 15) is 14.2 Å². The third kappa shape index (κ3) is 6.81. The largest absolute Gasteiger partial charge is 0.475 e. The molecule has 2 N–H and O–H groups in total. The van der Waals surface area contributed by atoms with Crippen LogP contribution in [0.5, 0.6) is 0 Å². The molecule has 2 amide bonds. The van der Waals surface area contributed by atoms with Gasteiger partial charge in [0, 0.05) is 46.7 Å². The van der Waals surface area contributed by atoms with E-state index < -0.39 is 13.9 Å². The fourth-order valence-electron chi connectivity index (χ4n) is 4.65. The number of carbonyl (C=O) groups excluding carboxylic acids is 2. The molecule has 3 aromatic carbocycles. The average Bonchev–Trinajstić information content (AvgIpc) is 3.10. The molecule has 0 fully saturated rings. The van der Waals surface area contributed by atoms with Crippen LogP contribution in [0.3, 0.4) is 0 Å². The van der Waals surface area contributed by atoms with Gasteiger partial charge in [-0.2, -0.15) is 0 Å². The summed E-state index contributed by atoms with van der Waals surface area (Å²) in [5.74, 6) is -0.456. The molecule has 2 unspecified atom stereocenters. The number of nitrogens with one attached hydrogen (secondary N) is 1. The first kappa shape index (κ1) is 29.9. The maximum Gasteiger partial charge on any atom is 0.475 e. The summed E-state index contributed by atoms with van der Waals surface area (Å²) in [6, 6.07) is 17.6. The third-order valence-electron chi connectivity index (χ3n) is 6.65. The minimum absolute atomic E-state index is 0.217. The van der Waals surface area contributed by atoms with E-state index in [1.54, 1.807) is 47.4 Å². The van der Waals surface area contributed by atoms with E-state index in [4.69, 9.17) is 30.3 Å². The summed E-state index contributed by atoms with van der Waals surface area (Å²) in [4.78, 5) is 28.3. The van der Waals surface area contributed by atoms with Gasteiger partial charge in [-0.05, 0) is 80.3 Å². The van der Waals surface area contributed by atoms with Crippen molar-refractivity contribution in [3.8, 4) is 0 Å². The topological polar surface area (TPSA) is 114 Å². The van der Waals surface area contributed by atoms with Gasteiger partial charge in [-0.3, -0.25) is 23.2 Å². The molecule has 40 heavy (non-hydrogen) atoms. The molecule has 4 rings (SSSR count). The Balaban J connectivity index is 1.60. The first-order valence-corrected chi connectivity index (χ1v) is 14.7. The van der Waals surface area contributed by atoms with E-state index in [0.29, 0.717) is 58.0 Å². The van der Waals surface area contributed by atoms with Gasteiger partial charge in [-0.25, -0.2) is 4.57 Å². The van der Waals surface area contributed by atoms with Crippen LogP contribution in [0.2, 0.25) is 5.02 Å². The van der Waals surface area contributed by atoms with Crippen LogP contribution >= 0.6 is 19.4 Å². The lowest BCUT2D eigenvalue weighted by Crippen LogP contribution is -2.32. The van der Waals surface area contributed by atoms with Gasteiger partial charge in [-0.1, -0.05) is 29.8 Å². The van der Waals surface area contributed by atoms with E-state index in [1.807, 2.05) is 32.0 Å². The molecule has 0 radical (unpaired) electrons. The molecule has 1 aliphatic rings. The number of benzene rings is 3. The van der Waals surface area contributed by atoms with E-state index in [1.165, 1.54) is 7.11 Å². The van der Waals surface area contributed by atoms with E-state index in [-0.39, 0.29) is 25.0 Å². The summed E-state index contributed by atoms with van der Waals surface area (Å²) in [7, 11) is -2.76. The quantitative estimate of drug-likeness (QED) is 0.276. The minimum Gasteiger partial charge on any atom is -0.394 e. The maximum atomic E-state index is 13.8. The Labute approximate surface area is 238 Å². The van der Waals surface area contributed by atoms with Crippen LogP contribution in [0.15, 0.2) is 60.7 Å². The number of halogens is 1. The van der Waals surface area contributed by atoms with Gasteiger partial charge in [-0.15, -0.1) is 0 Å². The first-order valence-electron chi connectivity index (χ1n) is 12.8. The number of anilines is 2. The highest BCUT2D eigenvalue weighted by molar-refractivity contribution is 7.48. The van der Waals surface area contributed by atoms with Gasteiger partial charge < -0.3 is 15.3 Å². The predicted molar refractivity (Wildman–Crippen MR) is 154 cm³/mol. The molecule has 212 valence electrons. The van der Waals surface area contributed by atoms with Crippen LogP contribution in [0.25, 0.3) is 0 Å². The number of fused-ring (bicyclic) bond motifs is 1. The van der Waals surface area contributed by atoms with Crippen LogP contribution in [-0.2, 0) is 18.1 Å². The molecular formula is C29H32ClN2O7P. The normalized spacial score (nSPS) is 16.5. The van der Waals surface area contributed by atoms with Gasteiger partial charge in [0.05, 0.1) is 19.3 Å². The smallest absolute Gasteiger partial charge is 0.394 e. The number of aliphatic hydroxyl groups excluding tert-OH is 1. The summed E-state index contributed by atoms with van der Waals surface area (Å²) in [5, 5.41) is 12.4. The SMILES string of the molecule is COP(=O)(OCCO)OC1CCCN(C(=O)c2ccc(NC(=O)c3ccccc3C)cc2C)c2ccc(Cl)cc21. The summed E-state index contributed by atoms with van der Waals surface area (Å²) < 4.78 is 29.0. The Morgan fingerprint density at radius 1 is 1.07 bits per heavy atom. The van der Waals surface area contributed by atoms with Gasteiger partial charge in [0.2, 0.25) is 0 Å². The molecule has 0 bridgehead atoms. The van der Waals surface area contributed by atoms with Crippen molar-refractivity contribution in [3.63, 3.8) is 0 Å². The van der Waals surface area contributed by atoms with Crippen molar-refractivity contribution in [1.82, 2.24) is 0 Å². The number of carbonyl (C=O) groups is 2. The standard InChI is InChI=1S/C29H32ClN2O7P/c1-19-7-4-5-8-23(19)28(34)31-22-11-12-24(20(2)17-22)29(35)32-14-6-9-27(25-18-21(30)10-13-26(25)32)39-40(36,37-3)38-16-15-33/h4-5,7-8,10-13,17-18,27,33H,6,9,14-16H2,1-3H3,(H,31,34). The summed E-state index contributed by atoms with van der Waals surface area (Å²) in [5.41, 5.74) is 4.34. The molecule has 1 aliphatic heterocycles. The first-order chi connectivity index (χ1) is 19.2. The number of hydrogen-bond acceptors (Lipinski definition) is 7. The van der Waals surface area contributed by atoms with Crippen molar-refractivity contribution < 1.29 is 32.8 Å². The number of rotatable bonds is 9. The Morgan fingerprint density at radius 3 is 2.55 bits per heavy atom. The average molecular weight is 587 g/mol. The van der Waals surface area contributed by atoms with Gasteiger partial charge in [0.25, 0.3) is 11.8 Å². The second-order valence-electron chi connectivity index (χ2n) is 9.38. The number of aliphatic hydroxyl groups is 1. The highest BCUT2D eigenvalue weighted by atomic mass is 35.5. The Hall–Kier alpha value is -3.04. The molecule has 0 saturated heterocycles. The molecule has 0 saturated carbocycles. The van der Waals surface area contributed by atoms with Crippen molar-refractivity contribution >= 4 is 42.6 Å². The van der Waals surface area contributed by atoms with Crippen molar-refractivity contribution in [3.05, 3.63) is 93.5 Å². The Morgan fingerprint density at radius 2 is 1.85 bits per heavy atom. The van der Waals surface area contributed by atoms with E-state index >= 15 is 0 Å². The summed E-state index contributed by atoms with van der Waals surface area (Å²) >= 11 is 6.31. The molecular weight excluding hydrogens is 555 g/mol. The van der Waals surface area contributed by atoms with Crippen molar-refractivity contribution in [2.75, 3.05) is 37.1 Å².